The Labute approximate surface area is 197 Å². The van der Waals surface area contributed by atoms with Crippen LogP contribution >= 0.6 is 23.5 Å². The second kappa shape index (κ2) is 14.0. The molecule has 12 nitrogen and oxygen atoms in total. The van der Waals surface area contributed by atoms with E-state index in [2.05, 4.69) is 21.3 Å². The first-order chi connectivity index (χ1) is 15.5. The summed E-state index contributed by atoms with van der Waals surface area (Å²) in [6.07, 6.45) is 0. The van der Waals surface area contributed by atoms with Gasteiger partial charge in [0, 0.05) is 36.7 Å². The van der Waals surface area contributed by atoms with Crippen molar-refractivity contribution in [1.29, 1.82) is 0 Å². The summed E-state index contributed by atoms with van der Waals surface area (Å²) in [5.74, 6) is -3.76. The summed E-state index contributed by atoms with van der Waals surface area (Å²) in [5, 5.41) is 27.1. The minimum absolute atomic E-state index is 0.0850. The normalized spacial score (nSPS) is 12.1. The molecule has 14 heteroatoms. The quantitative estimate of drug-likeness (QED) is 0.238. The van der Waals surface area contributed by atoms with Gasteiger partial charge >= 0.3 is 11.9 Å². The molecule has 0 aliphatic carbocycles. The lowest BCUT2D eigenvalue weighted by Gasteiger charge is -2.13. The van der Waals surface area contributed by atoms with Crippen molar-refractivity contribution < 1.29 is 39.0 Å². The molecular formula is C19H24N4O8S2. The van der Waals surface area contributed by atoms with Crippen LogP contribution in [-0.2, 0) is 24.0 Å². The van der Waals surface area contributed by atoms with E-state index in [0.29, 0.717) is 23.1 Å². The number of nitrogens with one attached hydrogen (secondary N) is 4. The van der Waals surface area contributed by atoms with E-state index in [4.69, 9.17) is 10.2 Å². The minimum atomic E-state index is -1.25. The molecule has 0 bridgehead atoms. The van der Waals surface area contributed by atoms with Crippen LogP contribution in [0, 0.1) is 0 Å². The van der Waals surface area contributed by atoms with Crippen LogP contribution in [0.3, 0.4) is 0 Å². The van der Waals surface area contributed by atoms with Crippen LogP contribution in [0.1, 0.15) is 13.8 Å². The second-order valence-electron chi connectivity index (χ2n) is 6.52. The zero-order valence-electron chi connectivity index (χ0n) is 17.7. The van der Waals surface area contributed by atoms with Crippen LogP contribution < -0.4 is 21.3 Å². The van der Waals surface area contributed by atoms with Crippen molar-refractivity contribution in [1.82, 2.24) is 10.6 Å². The molecular weight excluding hydrogens is 476 g/mol. The zero-order valence-corrected chi connectivity index (χ0v) is 19.4. The summed E-state index contributed by atoms with van der Waals surface area (Å²) in [4.78, 5) is 68.0. The van der Waals surface area contributed by atoms with Crippen molar-refractivity contribution >= 4 is 69.0 Å². The molecule has 1 rings (SSSR count). The van der Waals surface area contributed by atoms with Gasteiger partial charge in [-0.1, -0.05) is 23.5 Å². The molecule has 1 aromatic carbocycles. The van der Waals surface area contributed by atoms with Gasteiger partial charge in [-0.3, -0.25) is 19.2 Å². The predicted octanol–water partition coefficient (Wildman–Crippen LogP) is 0.802. The van der Waals surface area contributed by atoms with Crippen LogP contribution in [-0.4, -0.2) is 74.5 Å². The number of hydrogen-bond acceptors (Lipinski definition) is 9. The van der Waals surface area contributed by atoms with Crippen molar-refractivity contribution in [3.05, 3.63) is 24.3 Å². The Morgan fingerprint density at radius 3 is 1.70 bits per heavy atom. The number of rotatable bonds is 12. The molecule has 0 aliphatic rings. The SMILES string of the molecule is CC(=O)N[C@@H](CSC(=O)CNc1ccc(NC(=O)SC[C@H](NC(C)=O)C(=O)O)cc1)C(=O)O. The summed E-state index contributed by atoms with van der Waals surface area (Å²) < 4.78 is 0. The van der Waals surface area contributed by atoms with Gasteiger partial charge in [-0.05, 0) is 24.3 Å². The molecule has 0 radical (unpaired) electrons. The standard InChI is InChI=1S/C19H24N4O8S2/c1-10(24)21-14(17(27)28)8-32-16(26)7-20-12-3-5-13(6-4-12)23-19(31)33-9-15(18(29)30)22-11(2)25/h3-6,14-15,20H,7-9H2,1-2H3,(H,21,24)(H,22,25)(H,23,31)(H,27,28)(H,29,30)/t14-,15-/m0/s1. The topological polar surface area (TPSA) is 191 Å². The fourth-order valence-electron chi connectivity index (χ4n) is 2.23. The van der Waals surface area contributed by atoms with Crippen LogP contribution in [0.15, 0.2) is 24.3 Å². The van der Waals surface area contributed by atoms with Crippen LogP contribution in [0.4, 0.5) is 16.2 Å². The van der Waals surface area contributed by atoms with Crippen LogP contribution in [0.25, 0.3) is 0 Å². The third-order valence-electron chi connectivity index (χ3n) is 3.71. The number of carbonyl (C=O) groups is 6. The van der Waals surface area contributed by atoms with E-state index in [1.807, 2.05) is 0 Å². The van der Waals surface area contributed by atoms with Gasteiger partial charge in [0.25, 0.3) is 5.24 Å². The maximum Gasteiger partial charge on any atom is 0.327 e. The zero-order chi connectivity index (χ0) is 25.0. The number of thioether (sulfide) groups is 2. The highest BCUT2D eigenvalue weighted by Crippen LogP contribution is 2.17. The van der Waals surface area contributed by atoms with E-state index in [9.17, 15) is 28.8 Å². The Morgan fingerprint density at radius 2 is 1.24 bits per heavy atom. The van der Waals surface area contributed by atoms with Gasteiger partial charge in [-0.2, -0.15) is 0 Å². The number of carbonyl (C=O) groups excluding carboxylic acids is 4. The molecule has 2 atom stereocenters. The number of hydrogen-bond donors (Lipinski definition) is 6. The summed E-state index contributed by atoms with van der Waals surface area (Å²) in [5.41, 5.74) is 1.01. The van der Waals surface area contributed by atoms with E-state index in [1.54, 1.807) is 24.3 Å². The number of benzene rings is 1. The van der Waals surface area contributed by atoms with Gasteiger partial charge in [-0.25, -0.2) is 9.59 Å². The Hall–Kier alpha value is -3.26. The van der Waals surface area contributed by atoms with E-state index in [-0.39, 0.29) is 23.2 Å². The second-order valence-corrected chi connectivity index (χ2v) is 8.59. The fraction of sp³-hybridized carbons (Fsp3) is 0.368. The first-order valence-electron chi connectivity index (χ1n) is 9.41. The van der Waals surface area contributed by atoms with Gasteiger partial charge < -0.3 is 31.5 Å². The molecule has 33 heavy (non-hydrogen) atoms. The molecule has 0 spiro atoms. The molecule has 180 valence electrons. The molecule has 0 saturated heterocycles. The molecule has 1 aromatic rings. The minimum Gasteiger partial charge on any atom is -0.480 e. The molecule has 0 aliphatic heterocycles. The third kappa shape index (κ3) is 11.8. The first-order valence-corrected chi connectivity index (χ1v) is 11.4. The maximum absolute atomic E-state index is 12.0. The number of anilines is 2. The van der Waals surface area contributed by atoms with Gasteiger partial charge in [0.2, 0.25) is 16.9 Å². The van der Waals surface area contributed by atoms with Gasteiger partial charge in [-0.15, -0.1) is 0 Å². The number of carboxylic acids is 2. The monoisotopic (exact) mass is 500 g/mol. The lowest BCUT2D eigenvalue weighted by molar-refractivity contribution is -0.141. The van der Waals surface area contributed by atoms with E-state index in [1.165, 1.54) is 13.8 Å². The average molecular weight is 501 g/mol. The first kappa shape index (κ1) is 27.8. The van der Waals surface area contributed by atoms with E-state index in [0.717, 1.165) is 11.8 Å². The largest absolute Gasteiger partial charge is 0.480 e. The van der Waals surface area contributed by atoms with Crippen molar-refractivity contribution in [3.8, 4) is 0 Å². The highest BCUT2D eigenvalue weighted by atomic mass is 32.2. The number of carboxylic acid groups (broad SMARTS) is 2. The molecule has 3 amide bonds. The number of amides is 3. The van der Waals surface area contributed by atoms with E-state index >= 15 is 0 Å². The lowest BCUT2D eigenvalue weighted by atomic mass is 10.3. The summed E-state index contributed by atoms with van der Waals surface area (Å²) in [6, 6.07) is 3.99. The lowest BCUT2D eigenvalue weighted by Crippen LogP contribution is -2.41. The van der Waals surface area contributed by atoms with Gasteiger partial charge in [0.15, 0.2) is 0 Å². The Bertz CT molecular complexity index is 894. The maximum atomic E-state index is 12.0. The van der Waals surface area contributed by atoms with Crippen molar-refractivity contribution in [2.75, 3.05) is 28.7 Å². The fourth-order valence-corrected chi connectivity index (χ4v) is 3.71. The Morgan fingerprint density at radius 1 is 0.788 bits per heavy atom. The molecule has 0 saturated carbocycles. The summed E-state index contributed by atoms with van der Waals surface area (Å²) in [6.45, 7) is 2.28. The van der Waals surface area contributed by atoms with Crippen molar-refractivity contribution in [2.45, 2.75) is 25.9 Å². The molecule has 0 aromatic heterocycles. The smallest absolute Gasteiger partial charge is 0.327 e. The molecule has 6 N–H and O–H groups in total. The summed E-state index contributed by atoms with van der Waals surface area (Å²) >= 11 is 1.48. The highest BCUT2D eigenvalue weighted by molar-refractivity contribution is 8.14. The van der Waals surface area contributed by atoms with Crippen molar-refractivity contribution in [3.63, 3.8) is 0 Å². The average Bonchev–Trinajstić information content (AvgIpc) is 2.72. The van der Waals surface area contributed by atoms with Crippen LogP contribution in [0.2, 0.25) is 0 Å². The molecule has 0 fully saturated rings. The number of aliphatic carboxylic acids is 2. The van der Waals surface area contributed by atoms with Crippen LogP contribution in [0.5, 0.6) is 0 Å². The molecule has 0 unspecified atom stereocenters. The summed E-state index contributed by atoms with van der Waals surface area (Å²) in [7, 11) is 0. The molecule has 0 heterocycles. The van der Waals surface area contributed by atoms with Crippen molar-refractivity contribution in [2.24, 2.45) is 0 Å². The van der Waals surface area contributed by atoms with Gasteiger partial charge in [0.05, 0.1) is 6.54 Å². The predicted molar refractivity (Wildman–Crippen MR) is 124 cm³/mol. The Balaban J connectivity index is 2.45. The Kier molecular flexibility index (Phi) is 11.8. The highest BCUT2D eigenvalue weighted by Gasteiger charge is 2.21. The van der Waals surface area contributed by atoms with Gasteiger partial charge in [0.1, 0.15) is 12.1 Å². The van der Waals surface area contributed by atoms with E-state index < -0.39 is 41.1 Å². The third-order valence-corrected chi connectivity index (χ3v) is 5.54.